The topological polar surface area (TPSA) is 72.2 Å². The van der Waals surface area contributed by atoms with Crippen molar-refractivity contribution in [2.45, 2.75) is 44.8 Å². The lowest BCUT2D eigenvalue weighted by molar-refractivity contribution is 0.0445. The minimum Gasteiger partial charge on any atom is -0.396 e. The number of aromatic nitrogens is 3. The Morgan fingerprint density at radius 1 is 1.50 bits per heavy atom. The van der Waals surface area contributed by atoms with E-state index in [0.717, 1.165) is 38.3 Å². The Morgan fingerprint density at radius 2 is 2.28 bits per heavy atom. The van der Waals surface area contributed by atoms with Crippen molar-refractivity contribution >= 4 is 0 Å². The van der Waals surface area contributed by atoms with Gasteiger partial charge in [0, 0.05) is 44.6 Å². The van der Waals surface area contributed by atoms with E-state index in [9.17, 15) is 0 Å². The van der Waals surface area contributed by atoms with E-state index in [1.807, 2.05) is 6.20 Å². The maximum Gasteiger partial charge on any atom is 0.0965 e. The summed E-state index contributed by atoms with van der Waals surface area (Å²) in [5, 5.41) is 20.4. The molecule has 6 heteroatoms. The van der Waals surface area contributed by atoms with Gasteiger partial charge in [-0.2, -0.15) is 0 Å². The van der Waals surface area contributed by atoms with Gasteiger partial charge in [0.05, 0.1) is 5.69 Å². The Morgan fingerprint density at radius 3 is 3.00 bits per heavy atom. The molecular formula is C12H22N4O2. The maximum absolute atomic E-state index is 8.76. The third-order valence-electron chi connectivity index (χ3n) is 3.42. The van der Waals surface area contributed by atoms with Crippen LogP contribution in [-0.4, -0.2) is 45.5 Å². The smallest absolute Gasteiger partial charge is 0.0965 e. The fourth-order valence-corrected chi connectivity index (χ4v) is 2.06. The number of aryl methyl sites for hydroxylation is 1. The summed E-state index contributed by atoms with van der Waals surface area (Å²) in [6, 6.07) is 0. The van der Waals surface area contributed by atoms with E-state index in [0.29, 0.717) is 13.0 Å². The molecule has 6 nitrogen and oxygen atoms in total. The molecule has 1 aromatic rings. The van der Waals surface area contributed by atoms with E-state index in [2.05, 4.69) is 22.6 Å². The van der Waals surface area contributed by atoms with Crippen LogP contribution in [0.5, 0.6) is 0 Å². The van der Waals surface area contributed by atoms with Crippen molar-refractivity contribution in [2.24, 2.45) is 0 Å². The van der Waals surface area contributed by atoms with Crippen molar-refractivity contribution in [3.8, 4) is 0 Å². The van der Waals surface area contributed by atoms with Gasteiger partial charge >= 0.3 is 0 Å². The van der Waals surface area contributed by atoms with Crippen LogP contribution in [0.4, 0.5) is 0 Å². The SMILES string of the molecule is CC1(NCc2cn(CCCO)nn2)CCOCC1. The molecule has 2 rings (SSSR count). The summed E-state index contributed by atoms with van der Waals surface area (Å²) >= 11 is 0. The molecule has 0 unspecified atom stereocenters. The Hall–Kier alpha value is -0.980. The predicted molar refractivity (Wildman–Crippen MR) is 67.0 cm³/mol. The van der Waals surface area contributed by atoms with E-state index < -0.39 is 0 Å². The van der Waals surface area contributed by atoms with Crippen molar-refractivity contribution in [3.63, 3.8) is 0 Å². The summed E-state index contributed by atoms with van der Waals surface area (Å²) in [6.07, 6.45) is 4.72. The van der Waals surface area contributed by atoms with Gasteiger partial charge in [0.1, 0.15) is 0 Å². The zero-order valence-electron chi connectivity index (χ0n) is 10.9. The van der Waals surface area contributed by atoms with Gasteiger partial charge in [-0.05, 0) is 26.2 Å². The molecule has 0 saturated carbocycles. The molecule has 2 N–H and O–H groups in total. The van der Waals surface area contributed by atoms with Crippen molar-refractivity contribution in [1.29, 1.82) is 0 Å². The molecular weight excluding hydrogens is 232 g/mol. The standard InChI is InChI=1S/C12H22N4O2/c1-12(3-7-18-8-4-12)13-9-11-10-16(15-14-11)5-2-6-17/h10,13,17H,2-9H2,1H3. The van der Waals surface area contributed by atoms with Crippen molar-refractivity contribution in [1.82, 2.24) is 20.3 Å². The minimum absolute atomic E-state index is 0.146. The number of aliphatic hydroxyl groups is 1. The van der Waals surface area contributed by atoms with Crippen LogP contribution in [0, 0.1) is 0 Å². The van der Waals surface area contributed by atoms with Crippen LogP contribution in [0.2, 0.25) is 0 Å². The summed E-state index contributed by atoms with van der Waals surface area (Å²) in [5.74, 6) is 0. The third kappa shape index (κ3) is 3.76. The molecule has 0 atom stereocenters. The second-order valence-electron chi connectivity index (χ2n) is 5.08. The fraction of sp³-hybridized carbons (Fsp3) is 0.833. The van der Waals surface area contributed by atoms with Gasteiger partial charge in [-0.25, -0.2) is 0 Å². The molecule has 0 radical (unpaired) electrons. The Bertz CT molecular complexity index is 361. The number of ether oxygens (including phenoxy) is 1. The number of rotatable bonds is 6. The van der Waals surface area contributed by atoms with Gasteiger partial charge in [-0.3, -0.25) is 4.68 Å². The zero-order valence-corrected chi connectivity index (χ0v) is 10.9. The first-order chi connectivity index (χ1) is 8.72. The number of hydrogen-bond donors (Lipinski definition) is 2. The molecule has 1 saturated heterocycles. The van der Waals surface area contributed by atoms with E-state index in [4.69, 9.17) is 9.84 Å². The minimum atomic E-state index is 0.146. The predicted octanol–water partition coefficient (Wildman–Crippen LogP) is 0.319. The second-order valence-corrected chi connectivity index (χ2v) is 5.08. The average Bonchev–Trinajstić information content (AvgIpc) is 2.83. The third-order valence-corrected chi connectivity index (χ3v) is 3.42. The van der Waals surface area contributed by atoms with Crippen LogP contribution in [0.3, 0.4) is 0 Å². The first-order valence-corrected chi connectivity index (χ1v) is 6.54. The Balaban J connectivity index is 1.80. The number of aliphatic hydroxyl groups excluding tert-OH is 1. The molecule has 2 heterocycles. The van der Waals surface area contributed by atoms with Crippen LogP contribution < -0.4 is 5.32 Å². The zero-order chi connectivity index (χ0) is 12.8. The van der Waals surface area contributed by atoms with Gasteiger partial charge < -0.3 is 15.2 Å². The molecule has 1 aliphatic rings. The Labute approximate surface area is 107 Å². The van der Waals surface area contributed by atoms with E-state index in [1.54, 1.807) is 4.68 Å². The molecule has 0 aliphatic carbocycles. The van der Waals surface area contributed by atoms with Crippen LogP contribution >= 0.6 is 0 Å². The van der Waals surface area contributed by atoms with Gasteiger partial charge in [-0.15, -0.1) is 5.10 Å². The van der Waals surface area contributed by atoms with Crippen LogP contribution in [-0.2, 0) is 17.8 Å². The normalized spacial score (nSPS) is 19.0. The van der Waals surface area contributed by atoms with Crippen molar-refractivity contribution < 1.29 is 9.84 Å². The highest BCUT2D eigenvalue weighted by Gasteiger charge is 2.26. The summed E-state index contributed by atoms with van der Waals surface area (Å²) in [7, 11) is 0. The maximum atomic E-state index is 8.76. The molecule has 102 valence electrons. The average molecular weight is 254 g/mol. The summed E-state index contributed by atoms with van der Waals surface area (Å²) < 4.78 is 7.15. The van der Waals surface area contributed by atoms with E-state index in [1.165, 1.54) is 0 Å². The number of nitrogens with one attached hydrogen (secondary N) is 1. The molecule has 1 aromatic heterocycles. The molecule has 0 amide bonds. The lowest BCUT2D eigenvalue weighted by Crippen LogP contribution is -2.46. The molecule has 0 aromatic carbocycles. The monoisotopic (exact) mass is 254 g/mol. The van der Waals surface area contributed by atoms with Crippen molar-refractivity contribution in [2.75, 3.05) is 19.8 Å². The van der Waals surface area contributed by atoms with Gasteiger partial charge in [-0.1, -0.05) is 5.21 Å². The highest BCUT2D eigenvalue weighted by Crippen LogP contribution is 2.19. The lowest BCUT2D eigenvalue weighted by atomic mass is 9.92. The quantitative estimate of drug-likeness (QED) is 0.765. The van der Waals surface area contributed by atoms with Crippen LogP contribution in [0.1, 0.15) is 31.9 Å². The van der Waals surface area contributed by atoms with Gasteiger partial charge in [0.2, 0.25) is 0 Å². The van der Waals surface area contributed by atoms with Crippen LogP contribution in [0.15, 0.2) is 6.20 Å². The Kier molecular flexibility index (Phi) is 4.68. The first kappa shape index (κ1) is 13.5. The van der Waals surface area contributed by atoms with Gasteiger partial charge in [0.25, 0.3) is 0 Å². The summed E-state index contributed by atoms with van der Waals surface area (Å²) in [6.45, 7) is 5.51. The first-order valence-electron chi connectivity index (χ1n) is 6.54. The second kappa shape index (κ2) is 6.26. The number of nitrogens with zero attached hydrogens (tertiary/aromatic N) is 3. The largest absolute Gasteiger partial charge is 0.396 e. The summed E-state index contributed by atoms with van der Waals surface area (Å²) in [4.78, 5) is 0. The molecule has 1 aliphatic heterocycles. The van der Waals surface area contributed by atoms with E-state index in [-0.39, 0.29) is 12.1 Å². The molecule has 18 heavy (non-hydrogen) atoms. The lowest BCUT2D eigenvalue weighted by Gasteiger charge is -2.34. The summed E-state index contributed by atoms with van der Waals surface area (Å²) in [5.41, 5.74) is 1.09. The van der Waals surface area contributed by atoms with Gasteiger partial charge in [0.15, 0.2) is 0 Å². The highest BCUT2D eigenvalue weighted by atomic mass is 16.5. The van der Waals surface area contributed by atoms with E-state index >= 15 is 0 Å². The number of hydrogen-bond acceptors (Lipinski definition) is 5. The molecule has 0 spiro atoms. The van der Waals surface area contributed by atoms with Crippen molar-refractivity contribution in [3.05, 3.63) is 11.9 Å². The molecule has 0 bridgehead atoms. The van der Waals surface area contributed by atoms with Crippen LogP contribution in [0.25, 0.3) is 0 Å². The highest BCUT2D eigenvalue weighted by molar-refractivity contribution is 4.95. The fourth-order valence-electron chi connectivity index (χ4n) is 2.06. The molecule has 1 fully saturated rings.